The molecule has 2 aromatic carbocycles. The number of ether oxygens (including phenoxy) is 1. The maximum Gasteiger partial charge on any atom is 0.177 e. The van der Waals surface area contributed by atoms with Gasteiger partial charge in [-0.25, -0.2) is 17.6 Å². The molecule has 2 heterocycles. The molecular weight excluding hydrogens is 472 g/mol. The van der Waals surface area contributed by atoms with E-state index in [1.165, 1.54) is 0 Å². The number of halogens is 4. The van der Waals surface area contributed by atoms with Crippen molar-refractivity contribution in [1.82, 2.24) is 9.88 Å². The first-order valence-corrected chi connectivity index (χ1v) is 11.9. The molecule has 0 saturated carbocycles. The predicted molar refractivity (Wildman–Crippen MR) is 130 cm³/mol. The molecule has 4 rings (SSSR count). The summed E-state index contributed by atoms with van der Waals surface area (Å²) >= 11 is 0. The largest absolute Gasteiger partial charge is 0.497 e. The molecule has 1 aliphatic heterocycles. The molecule has 0 bridgehead atoms. The van der Waals surface area contributed by atoms with Gasteiger partial charge in [-0.3, -0.25) is 9.88 Å². The number of rotatable bonds is 7. The summed E-state index contributed by atoms with van der Waals surface area (Å²) in [6.45, 7) is 1.38. The van der Waals surface area contributed by atoms with Crippen molar-refractivity contribution >= 4 is 10.9 Å². The number of piperidine rings is 1. The molecule has 0 aliphatic carbocycles. The van der Waals surface area contributed by atoms with E-state index in [1.807, 2.05) is 11.0 Å². The number of alkyl halides is 1. The zero-order valence-corrected chi connectivity index (χ0v) is 20.0. The fourth-order valence-corrected chi connectivity index (χ4v) is 4.83. The quantitative estimate of drug-likeness (QED) is 0.267. The first-order chi connectivity index (χ1) is 17.4. The fraction of sp³-hybridized carbons (Fsp3) is 0.393. The van der Waals surface area contributed by atoms with Gasteiger partial charge in [-0.15, -0.1) is 0 Å². The number of pyridine rings is 1. The average molecular weight is 501 g/mol. The average Bonchev–Trinajstić information content (AvgIpc) is 2.90. The third-order valence-corrected chi connectivity index (χ3v) is 6.88. The zero-order chi connectivity index (χ0) is 25.7. The van der Waals surface area contributed by atoms with Crippen LogP contribution in [0.1, 0.15) is 36.6 Å². The number of aliphatic hydroxyl groups excluding tert-OH is 1. The molecule has 0 amide bonds. The van der Waals surface area contributed by atoms with Crippen LogP contribution in [0.3, 0.4) is 0 Å². The number of fused-ring (bicyclic) bond motifs is 1. The number of methoxy groups -OCH3 is 1. The molecule has 190 valence electrons. The molecule has 3 atom stereocenters. The van der Waals surface area contributed by atoms with Crippen molar-refractivity contribution in [2.24, 2.45) is 11.8 Å². The molecule has 0 spiro atoms. The lowest BCUT2D eigenvalue weighted by Gasteiger charge is -2.37. The van der Waals surface area contributed by atoms with E-state index in [0.717, 1.165) is 23.9 Å². The molecule has 36 heavy (non-hydrogen) atoms. The summed E-state index contributed by atoms with van der Waals surface area (Å²) < 4.78 is 61.5. The second-order valence-corrected chi connectivity index (χ2v) is 9.07. The standard InChI is InChI=1S/C28H28F4N2O2/c1-36-20-5-9-27-23(15-20)21(10-12-33-27)24(29)6-4-18-11-14-34(16-19(18)17-35)13-2-3-22-25(30)7-8-26(31)28(22)32/h5,7-10,12,15,18-19,24,35H,4,6,11,13-14,16-17H2,1H3/t18-,19-,24?/m1/s1. The van der Waals surface area contributed by atoms with Gasteiger partial charge in [0.05, 0.1) is 24.7 Å². The number of aliphatic hydroxyl groups is 1. The molecule has 1 aliphatic rings. The van der Waals surface area contributed by atoms with Gasteiger partial charge < -0.3 is 9.84 Å². The monoisotopic (exact) mass is 500 g/mol. The van der Waals surface area contributed by atoms with Crippen molar-refractivity contribution in [2.75, 3.05) is 33.4 Å². The van der Waals surface area contributed by atoms with Crippen LogP contribution in [-0.4, -0.2) is 48.3 Å². The lowest BCUT2D eigenvalue weighted by atomic mass is 9.81. The number of benzene rings is 2. The van der Waals surface area contributed by atoms with Gasteiger partial charge >= 0.3 is 0 Å². The van der Waals surface area contributed by atoms with Crippen LogP contribution in [0.4, 0.5) is 17.6 Å². The van der Waals surface area contributed by atoms with Crippen molar-refractivity contribution in [2.45, 2.75) is 25.4 Å². The van der Waals surface area contributed by atoms with Gasteiger partial charge in [-0.2, -0.15) is 0 Å². The first kappa shape index (κ1) is 25.9. The Hall–Kier alpha value is -3.15. The zero-order valence-electron chi connectivity index (χ0n) is 20.0. The Labute approximate surface area is 207 Å². The van der Waals surface area contributed by atoms with Crippen LogP contribution >= 0.6 is 0 Å². The Morgan fingerprint density at radius 1 is 1.14 bits per heavy atom. The highest BCUT2D eigenvalue weighted by Crippen LogP contribution is 2.35. The first-order valence-electron chi connectivity index (χ1n) is 11.9. The molecule has 1 unspecified atom stereocenters. The van der Waals surface area contributed by atoms with Crippen LogP contribution in [0.5, 0.6) is 5.75 Å². The minimum Gasteiger partial charge on any atom is -0.497 e. The molecule has 3 aromatic rings. The maximum absolute atomic E-state index is 15.3. The Bertz CT molecular complexity index is 1270. The third-order valence-electron chi connectivity index (χ3n) is 6.88. The van der Waals surface area contributed by atoms with E-state index in [4.69, 9.17) is 4.74 Å². The molecule has 1 saturated heterocycles. The Morgan fingerprint density at radius 2 is 1.94 bits per heavy atom. The van der Waals surface area contributed by atoms with E-state index >= 15 is 4.39 Å². The summed E-state index contributed by atoms with van der Waals surface area (Å²) in [5.74, 6) is 2.46. The lowest BCUT2D eigenvalue weighted by Crippen LogP contribution is -2.42. The normalized spacial score (nSPS) is 19.1. The summed E-state index contributed by atoms with van der Waals surface area (Å²) in [5, 5.41) is 10.7. The Morgan fingerprint density at radius 3 is 2.72 bits per heavy atom. The molecule has 1 N–H and O–H groups in total. The van der Waals surface area contributed by atoms with Crippen molar-refractivity contribution in [3.63, 3.8) is 0 Å². The van der Waals surface area contributed by atoms with Crippen molar-refractivity contribution in [3.8, 4) is 17.6 Å². The lowest BCUT2D eigenvalue weighted by molar-refractivity contribution is 0.0708. The predicted octanol–water partition coefficient (Wildman–Crippen LogP) is 5.43. The molecule has 4 nitrogen and oxygen atoms in total. The number of aromatic nitrogens is 1. The minimum absolute atomic E-state index is 0.0475. The van der Waals surface area contributed by atoms with Gasteiger partial charge in [0.1, 0.15) is 17.7 Å². The van der Waals surface area contributed by atoms with Crippen molar-refractivity contribution < 1.29 is 27.4 Å². The molecule has 8 heteroatoms. The van der Waals surface area contributed by atoms with Crippen LogP contribution in [0, 0.1) is 41.1 Å². The van der Waals surface area contributed by atoms with Crippen LogP contribution in [0.15, 0.2) is 42.6 Å². The Balaban J connectivity index is 1.36. The van der Waals surface area contributed by atoms with Gasteiger partial charge in [-0.05, 0) is 79.6 Å². The van der Waals surface area contributed by atoms with Gasteiger partial charge in [0.15, 0.2) is 11.6 Å². The number of nitrogens with zero attached hydrogens (tertiary/aromatic N) is 2. The van der Waals surface area contributed by atoms with E-state index in [0.29, 0.717) is 42.8 Å². The highest BCUT2D eigenvalue weighted by molar-refractivity contribution is 5.83. The van der Waals surface area contributed by atoms with Gasteiger partial charge in [0.25, 0.3) is 0 Å². The summed E-state index contributed by atoms with van der Waals surface area (Å²) in [5.41, 5.74) is 0.694. The highest BCUT2D eigenvalue weighted by Gasteiger charge is 2.29. The summed E-state index contributed by atoms with van der Waals surface area (Å²) in [7, 11) is 1.56. The molecule has 0 radical (unpaired) electrons. The number of hydrogen-bond acceptors (Lipinski definition) is 4. The van der Waals surface area contributed by atoms with E-state index in [2.05, 4.69) is 16.8 Å². The SMILES string of the molecule is COc1ccc2nccc(C(F)CC[C@@H]3CCN(CC#Cc4c(F)ccc(F)c4F)C[C@@H]3CO)c2c1. The van der Waals surface area contributed by atoms with E-state index in [1.54, 1.807) is 31.5 Å². The van der Waals surface area contributed by atoms with Crippen LogP contribution in [-0.2, 0) is 0 Å². The van der Waals surface area contributed by atoms with E-state index in [9.17, 15) is 18.3 Å². The molecule has 1 fully saturated rings. The smallest absolute Gasteiger partial charge is 0.177 e. The second kappa shape index (κ2) is 11.7. The second-order valence-electron chi connectivity index (χ2n) is 9.07. The van der Waals surface area contributed by atoms with Crippen LogP contribution in [0.2, 0.25) is 0 Å². The van der Waals surface area contributed by atoms with Gasteiger partial charge in [0, 0.05) is 24.7 Å². The summed E-state index contributed by atoms with van der Waals surface area (Å²) in [6.07, 6.45) is 2.10. The van der Waals surface area contributed by atoms with E-state index < -0.39 is 29.2 Å². The Kier molecular flexibility index (Phi) is 8.44. The van der Waals surface area contributed by atoms with Gasteiger partial charge in [-0.1, -0.05) is 11.8 Å². The molecular formula is C28H28F4N2O2. The number of likely N-dealkylation sites (tertiary alicyclic amines) is 1. The minimum atomic E-state index is -1.30. The van der Waals surface area contributed by atoms with Crippen LogP contribution in [0.25, 0.3) is 10.9 Å². The van der Waals surface area contributed by atoms with Gasteiger partial charge in [0.2, 0.25) is 0 Å². The highest BCUT2D eigenvalue weighted by atomic mass is 19.2. The van der Waals surface area contributed by atoms with Crippen molar-refractivity contribution in [1.29, 1.82) is 0 Å². The topological polar surface area (TPSA) is 45.6 Å². The van der Waals surface area contributed by atoms with Crippen molar-refractivity contribution in [3.05, 3.63) is 71.2 Å². The fourth-order valence-electron chi connectivity index (χ4n) is 4.83. The van der Waals surface area contributed by atoms with Crippen LogP contribution < -0.4 is 4.74 Å². The maximum atomic E-state index is 15.3. The summed E-state index contributed by atoms with van der Waals surface area (Å²) in [4.78, 5) is 6.29. The van der Waals surface area contributed by atoms with E-state index in [-0.39, 0.29) is 25.0 Å². The third kappa shape index (κ3) is 5.80. The summed E-state index contributed by atoms with van der Waals surface area (Å²) in [6, 6.07) is 8.66. The number of hydrogen-bond donors (Lipinski definition) is 1. The molecule has 1 aromatic heterocycles.